The summed E-state index contributed by atoms with van der Waals surface area (Å²) in [6.45, 7) is 6.87. The van der Waals surface area contributed by atoms with Crippen molar-refractivity contribution in [2.45, 2.75) is 58.1 Å². The first-order valence-electron chi connectivity index (χ1n) is 7.31. The first-order valence-corrected chi connectivity index (χ1v) is 7.31. The van der Waals surface area contributed by atoms with Crippen molar-refractivity contribution in [1.29, 1.82) is 0 Å². The summed E-state index contributed by atoms with van der Waals surface area (Å²) in [5.74, 6) is 0.209. The second-order valence-corrected chi connectivity index (χ2v) is 5.73. The molecule has 2 aliphatic rings. The summed E-state index contributed by atoms with van der Waals surface area (Å²) in [5.41, 5.74) is -0.203. The van der Waals surface area contributed by atoms with Crippen molar-refractivity contribution in [3.05, 3.63) is 0 Å². The van der Waals surface area contributed by atoms with Gasteiger partial charge in [-0.05, 0) is 45.6 Å². The maximum absolute atomic E-state index is 12.5. The van der Waals surface area contributed by atoms with Crippen molar-refractivity contribution in [1.82, 2.24) is 10.6 Å². The van der Waals surface area contributed by atoms with Crippen molar-refractivity contribution < 1.29 is 9.53 Å². The van der Waals surface area contributed by atoms with E-state index in [0.717, 1.165) is 51.8 Å². The molecule has 3 atom stereocenters. The highest BCUT2D eigenvalue weighted by atomic mass is 16.5. The number of hydrogen-bond acceptors (Lipinski definition) is 3. The van der Waals surface area contributed by atoms with E-state index in [-0.39, 0.29) is 23.5 Å². The van der Waals surface area contributed by atoms with Crippen LogP contribution in [-0.4, -0.2) is 37.7 Å². The van der Waals surface area contributed by atoms with E-state index in [2.05, 4.69) is 24.5 Å². The van der Waals surface area contributed by atoms with Crippen LogP contribution in [-0.2, 0) is 9.53 Å². The van der Waals surface area contributed by atoms with Crippen LogP contribution in [0.2, 0.25) is 0 Å². The molecule has 0 aromatic heterocycles. The van der Waals surface area contributed by atoms with E-state index >= 15 is 0 Å². The predicted octanol–water partition coefficient (Wildman–Crippen LogP) is 1.45. The fourth-order valence-electron chi connectivity index (χ4n) is 3.07. The first-order chi connectivity index (χ1) is 8.68. The minimum Gasteiger partial charge on any atom is -0.376 e. The van der Waals surface area contributed by atoms with Crippen LogP contribution >= 0.6 is 0 Å². The number of piperidine rings is 1. The van der Waals surface area contributed by atoms with E-state index in [4.69, 9.17) is 4.74 Å². The quantitative estimate of drug-likeness (QED) is 0.798. The van der Waals surface area contributed by atoms with Gasteiger partial charge in [0.2, 0.25) is 5.91 Å². The molecule has 0 spiro atoms. The molecule has 2 heterocycles. The molecule has 0 aliphatic carbocycles. The van der Waals surface area contributed by atoms with Crippen LogP contribution in [0.5, 0.6) is 0 Å². The van der Waals surface area contributed by atoms with E-state index in [9.17, 15) is 4.79 Å². The van der Waals surface area contributed by atoms with Crippen LogP contribution in [0.25, 0.3) is 0 Å². The fraction of sp³-hybridized carbons (Fsp3) is 0.929. The van der Waals surface area contributed by atoms with Gasteiger partial charge in [0, 0.05) is 13.2 Å². The van der Waals surface area contributed by atoms with Gasteiger partial charge in [-0.15, -0.1) is 0 Å². The Labute approximate surface area is 110 Å². The normalized spacial score (nSPS) is 34.2. The Bertz CT molecular complexity index is 282. The van der Waals surface area contributed by atoms with Crippen molar-refractivity contribution in [3.8, 4) is 0 Å². The zero-order valence-electron chi connectivity index (χ0n) is 11.6. The largest absolute Gasteiger partial charge is 0.376 e. The molecule has 104 valence electrons. The molecule has 18 heavy (non-hydrogen) atoms. The highest BCUT2D eigenvalue weighted by molar-refractivity contribution is 5.83. The number of hydrogen-bond donors (Lipinski definition) is 2. The van der Waals surface area contributed by atoms with Crippen LogP contribution in [0.15, 0.2) is 0 Å². The lowest BCUT2D eigenvalue weighted by atomic mass is 9.77. The molecule has 4 heteroatoms. The molecule has 2 saturated heterocycles. The lowest BCUT2D eigenvalue weighted by Crippen LogP contribution is -2.53. The minimum atomic E-state index is -0.203. The fourth-order valence-corrected chi connectivity index (χ4v) is 3.07. The zero-order valence-corrected chi connectivity index (χ0v) is 11.6. The average molecular weight is 254 g/mol. The van der Waals surface area contributed by atoms with Gasteiger partial charge in [-0.1, -0.05) is 6.92 Å². The number of amides is 1. The van der Waals surface area contributed by atoms with E-state index in [1.807, 2.05) is 0 Å². The molecule has 0 saturated carbocycles. The van der Waals surface area contributed by atoms with Gasteiger partial charge in [-0.25, -0.2) is 0 Å². The molecule has 0 radical (unpaired) electrons. The SMILES string of the molecule is CCC1(C(=O)NC(C)C2CCCO2)CCCNC1. The summed E-state index contributed by atoms with van der Waals surface area (Å²) in [5, 5.41) is 6.54. The number of ether oxygens (including phenoxy) is 1. The van der Waals surface area contributed by atoms with Crippen LogP contribution < -0.4 is 10.6 Å². The van der Waals surface area contributed by atoms with E-state index in [1.54, 1.807) is 0 Å². The lowest BCUT2D eigenvalue weighted by molar-refractivity contribution is -0.133. The summed E-state index contributed by atoms with van der Waals surface area (Å²) in [6, 6.07) is 0.130. The standard InChI is InChI=1S/C14H26N2O2/c1-3-14(7-5-8-15-10-14)13(17)16-11(2)12-6-4-9-18-12/h11-12,15H,3-10H2,1-2H3,(H,16,17). The Morgan fingerprint density at radius 3 is 2.94 bits per heavy atom. The molecule has 0 aromatic carbocycles. The van der Waals surface area contributed by atoms with E-state index in [0.29, 0.717) is 0 Å². The lowest BCUT2D eigenvalue weighted by Gasteiger charge is -2.37. The second-order valence-electron chi connectivity index (χ2n) is 5.73. The maximum atomic E-state index is 12.5. The molecule has 2 fully saturated rings. The summed E-state index contributed by atoms with van der Waals surface area (Å²) < 4.78 is 5.64. The van der Waals surface area contributed by atoms with Crippen LogP contribution in [0.1, 0.15) is 46.0 Å². The van der Waals surface area contributed by atoms with E-state index < -0.39 is 0 Å². The Balaban J connectivity index is 1.92. The summed E-state index contributed by atoms with van der Waals surface area (Å²) >= 11 is 0. The molecular formula is C14H26N2O2. The number of carbonyl (C=O) groups is 1. The smallest absolute Gasteiger partial charge is 0.227 e. The summed E-state index contributed by atoms with van der Waals surface area (Å²) in [6.07, 6.45) is 5.39. The molecule has 1 amide bonds. The second kappa shape index (κ2) is 6.02. The molecular weight excluding hydrogens is 228 g/mol. The van der Waals surface area contributed by atoms with Crippen molar-refractivity contribution in [2.24, 2.45) is 5.41 Å². The topological polar surface area (TPSA) is 50.4 Å². The summed E-state index contributed by atoms with van der Waals surface area (Å²) in [4.78, 5) is 12.5. The van der Waals surface area contributed by atoms with Crippen molar-refractivity contribution in [3.63, 3.8) is 0 Å². The van der Waals surface area contributed by atoms with Gasteiger partial charge in [0.15, 0.2) is 0 Å². The third kappa shape index (κ3) is 2.86. The van der Waals surface area contributed by atoms with Gasteiger partial charge in [-0.2, -0.15) is 0 Å². The van der Waals surface area contributed by atoms with Gasteiger partial charge in [-0.3, -0.25) is 4.79 Å². The van der Waals surface area contributed by atoms with Crippen molar-refractivity contribution in [2.75, 3.05) is 19.7 Å². The average Bonchev–Trinajstić information content (AvgIpc) is 2.93. The first kappa shape index (κ1) is 13.8. The van der Waals surface area contributed by atoms with Gasteiger partial charge in [0.25, 0.3) is 0 Å². The summed E-state index contributed by atoms with van der Waals surface area (Å²) in [7, 11) is 0. The van der Waals surface area contributed by atoms with Gasteiger partial charge >= 0.3 is 0 Å². The molecule has 2 N–H and O–H groups in total. The number of nitrogens with one attached hydrogen (secondary N) is 2. The van der Waals surface area contributed by atoms with Gasteiger partial charge < -0.3 is 15.4 Å². The minimum absolute atomic E-state index is 0.130. The Hall–Kier alpha value is -0.610. The van der Waals surface area contributed by atoms with E-state index in [1.165, 1.54) is 0 Å². The number of carbonyl (C=O) groups excluding carboxylic acids is 1. The van der Waals surface area contributed by atoms with Crippen LogP contribution in [0.4, 0.5) is 0 Å². The monoisotopic (exact) mass is 254 g/mol. The molecule has 2 rings (SSSR count). The predicted molar refractivity (Wildman–Crippen MR) is 71.4 cm³/mol. The third-order valence-electron chi connectivity index (χ3n) is 4.51. The highest BCUT2D eigenvalue weighted by Gasteiger charge is 2.39. The van der Waals surface area contributed by atoms with Gasteiger partial charge in [0.05, 0.1) is 17.6 Å². The highest BCUT2D eigenvalue weighted by Crippen LogP contribution is 2.30. The molecule has 0 bridgehead atoms. The van der Waals surface area contributed by atoms with Crippen LogP contribution in [0, 0.1) is 5.41 Å². The maximum Gasteiger partial charge on any atom is 0.227 e. The zero-order chi connectivity index (χ0) is 13.0. The van der Waals surface area contributed by atoms with Crippen molar-refractivity contribution >= 4 is 5.91 Å². The molecule has 0 aromatic rings. The van der Waals surface area contributed by atoms with Crippen LogP contribution in [0.3, 0.4) is 0 Å². The number of rotatable bonds is 4. The molecule has 4 nitrogen and oxygen atoms in total. The third-order valence-corrected chi connectivity index (χ3v) is 4.51. The Morgan fingerprint density at radius 1 is 1.56 bits per heavy atom. The molecule has 2 aliphatic heterocycles. The Morgan fingerprint density at radius 2 is 2.39 bits per heavy atom. The Kier molecular flexibility index (Phi) is 4.62. The molecule has 3 unspecified atom stereocenters. The van der Waals surface area contributed by atoms with Gasteiger partial charge in [0.1, 0.15) is 0 Å².